The molecular formula is C20H27N2O2+. The van der Waals surface area contributed by atoms with Crippen LogP contribution in [0.4, 0.5) is 0 Å². The second-order valence-electron chi connectivity index (χ2n) is 6.73. The molecule has 1 aromatic carbocycles. The van der Waals surface area contributed by atoms with Crippen molar-refractivity contribution in [3.8, 4) is 0 Å². The molecule has 2 atom stereocenters. The predicted molar refractivity (Wildman–Crippen MR) is 93.4 cm³/mol. The van der Waals surface area contributed by atoms with Crippen molar-refractivity contribution in [1.82, 2.24) is 5.32 Å². The number of carbonyl (C=O) groups is 1. The monoisotopic (exact) mass is 327 g/mol. The normalized spacial score (nSPS) is 18.0. The lowest BCUT2D eigenvalue weighted by molar-refractivity contribution is -0.706. The zero-order valence-electron chi connectivity index (χ0n) is 14.3. The van der Waals surface area contributed by atoms with Crippen molar-refractivity contribution in [3.63, 3.8) is 0 Å². The van der Waals surface area contributed by atoms with Gasteiger partial charge in [0.2, 0.25) is 0 Å². The summed E-state index contributed by atoms with van der Waals surface area (Å²) in [4.78, 5) is 12.6. The first-order chi connectivity index (χ1) is 11.7. The maximum absolute atomic E-state index is 12.6. The Balaban J connectivity index is 1.66. The molecule has 24 heavy (non-hydrogen) atoms. The molecule has 3 rings (SSSR count). The minimum Gasteiger partial charge on any atom is -0.463 e. The predicted octanol–water partition coefficient (Wildman–Crippen LogP) is 2.77. The van der Waals surface area contributed by atoms with E-state index in [1.54, 1.807) is 6.26 Å². The van der Waals surface area contributed by atoms with Gasteiger partial charge in [0.15, 0.2) is 17.8 Å². The molecule has 1 aliphatic carbocycles. The van der Waals surface area contributed by atoms with Gasteiger partial charge in [-0.15, -0.1) is 0 Å². The fourth-order valence-electron chi connectivity index (χ4n) is 3.45. The van der Waals surface area contributed by atoms with Crippen molar-refractivity contribution < 1.29 is 14.5 Å². The van der Waals surface area contributed by atoms with Gasteiger partial charge >= 0.3 is 0 Å². The van der Waals surface area contributed by atoms with Crippen LogP contribution in [-0.4, -0.2) is 18.0 Å². The third-order valence-electron chi connectivity index (χ3n) is 4.85. The molecule has 3 N–H and O–H groups in total. The van der Waals surface area contributed by atoms with Gasteiger partial charge in [0.25, 0.3) is 5.91 Å². The molecule has 0 aliphatic heterocycles. The molecule has 0 radical (unpaired) electrons. The Hall–Kier alpha value is -2.07. The highest BCUT2D eigenvalue weighted by atomic mass is 16.3. The number of nitrogens with two attached hydrogens (primary N) is 1. The van der Waals surface area contributed by atoms with Crippen LogP contribution in [0.25, 0.3) is 0 Å². The summed E-state index contributed by atoms with van der Waals surface area (Å²) in [5.41, 5.74) is 1.14. The molecule has 4 heteroatoms. The second kappa shape index (κ2) is 8.15. The molecule has 0 spiro atoms. The number of rotatable bonds is 6. The van der Waals surface area contributed by atoms with Gasteiger partial charge in [0.05, 0.1) is 6.26 Å². The molecule has 2 aromatic rings. The van der Waals surface area contributed by atoms with E-state index in [1.165, 1.54) is 19.3 Å². The average Bonchev–Trinajstić information content (AvgIpc) is 3.15. The maximum Gasteiger partial charge on any atom is 0.278 e. The van der Waals surface area contributed by atoms with Crippen LogP contribution in [-0.2, 0) is 4.79 Å². The van der Waals surface area contributed by atoms with E-state index >= 15 is 0 Å². The Kier molecular flexibility index (Phi) is 5.70. The number of hydrogen-bond acceptors (Lipinski definition) is 2. The number of benzene rings is 1. The number of hydrogen-bond donors (Lipinski definition) is 2. The van der Waals surface area contributed by atoms with Gasteiger partial charge < -0.3 is 15.1 Å². The van der Waals surface area contributed by atoms with E-state index in [2.05, 4.69) is 22.8 Å². The van der Waals surface area contributed by atoms with Gasteiger partial charge in [-0.3, -0.25) is 4.79 Å². The molecule has 1 aliphatic rings. The van der Waals surface area contributed by atoms with Crippen LogP contribution in [0, 0.1) is 0 Å². The molecule has 1 amide bonds. The highest BCUT2D eigenvalue weighted by Gasteiger charge is 2.28. The summed E-state index contributed by atoms with van der Waals surface area (Å²) < 4.78 is 5.62. The third-order valence-corrected chi connectivity index (χ3v) is 4.85. The second-order valence-corrected chi connectivity index (χ2v) is 6.73. The van der Waals surface area contributed by atoms with Gasteiger partial charge in [-0.05, 0) is 31.9 Å². The number of amides is 1. The Morgan fingerprint density at radius 2 is 1.88 bits per heavy atom. The van der Waals surface area contributed by atoms with E-state index in [0.29, 0.717) is 6.04 Å². The quantitative estimate of drug-likeness (QED) is 0.857. The van der Waals surface area contributed by atoms with Crippen LogP contribution in [0.3, 0.4) is 0 Å². The Morgan fingerprint density at radius 3 is 2.54 bits per heavy atom. The molecule has 0 saturated heterocycles. The van der Waals surface area contributed by atoms with E-state index in [9.17, 15) is 4.79 Å². The van der Waals surface area contributed by atoms with E-state index in [-0.39, 0.29) is 18.0 Å². The molecule has 1 aromatic heterocycles. The summed E-state index contributed by atoms with van der Waals surface area (Å²) in [6.07, 6.45) is 7.65. The molecule has 4 nitrogen and oxygen atoms in total. The lowest BCUT2D eigenvalue weighted by atomic mass is 9.95. The number of furan rings is 1. The zero-order valence-corrected chi connectivity index (χ0v) is 14.3. The summed E-state index contributed by atoms with van der Waals surface area (Å²) in [6.45, 7) is 1.97. The minimum absolute atomic E-state index is 0.00620. The van der Waals surface area contributed by atoms with Crippen molar-refractivity contribution in [1.29, 1.82) is 0 Å². The van der Waals surface area contributed by atoms with Gasteiger partial charge in [0.1, 0.15) is 0 Å². The number of nitrogens with one attached hydrogen (secondary N) is 1. The molecule has 1 saturated carbocycles. The van der Waals surface area contributed by atoms with E-state index in [4.69, 9.17) is 4.42 Å². The Morgan fingerprint density at radius 1 is 1.12 bits per heavy atom. The topological polar surface area (TPSA) is 58.9 Å². The molecule has 128 valence electrons. The molecular weight excluding hydrogens is 300 g/mol. The largest absolute Gasteiger partial charge is 0.463 e. The third kappa shape index (κ3) is 4.26. The average molecular weight is 327 g/mol. The van der Waals surface area contributed by atoms with Crippen LogP contribution in [0.5, 0.6) is 0 Å². The highest BCUT2D eigenvalue weighted by molar-refractivity contribution is 5.80. The minimum atomic E-state index is -0.165. The molecule has 1 heterocycles. The lowest BCUT2D eigenvalue weighted by Crippen LogP contribution is -2.93. The van der Waals surface area contributed by atoms with E-state index < -0.39 is 0 Å². The van der Waals surface area contributed by atoms with Crippen LogP contribution >= 0.6 is 0 Å². The Bertz CT molecular complexity index is 618. The first-order valence-corrected chi connectivity index (χ1v) is 8.98. The van der Waals surface area contributed by atoms with Crippen LogP contribution in [0.2, 0.25) is 0 Å². The van der Waals surface area contributed by atoms with Gasteiger partial charge in [-0.1, -0.05) is 49.6 Å². The lowest BCUT2D eigenvalue weighted by Gasteiger charge is -2.25. The van der Waals surface area contributed by atoms with Crippen molar-refractivity contribution in [2.24, 2.45) is 0 Å². The summed E-state index contributed by atoms with van der Waals surface area (Å²) in [5, 5.41) is 5.31. The smallest absolute Gasteiger partial charge is 0.278 e. The van der Waals surface area contributed by atoms with Crippen molar-refractivity contribution in [2.45, 2.75) is 57.2 Å². The fraction of sp³-hybridized carbons (Fsp3) is 0.450. The Labute approximate surface area is 143 Å². The van der Waals surface area contributed by atoms with Crippen molar-refractivity contribution >= 4 is 5.91 Å². The first kappa shape index (κ1) is 16.8. The first-order valence-electron chi connectivity index (χ1n) is 8.98. The van der Waals surface area contributed by atoms with Crippen molar-refractivity contribution in [2.75, 3.05) is 0 Å². The molecule has 1 fully saturated rings. The van der Waals surface area contributed by atoms with Crippen molar-refractivity contribution in [3.05, 3.63) is 60.1 Å². The van der Waals surface area contributed by atoms with Gasteiger partial charge in [-0.25, -0.2) is 0 Å². The SMILES string of the molecule is C[C@H]([NH2+][C@@H](c1ccccc1)c1ccco1)C(=O)NC1CCCCC1. The zero-order chi connectivity index (χ0) is 16.8. The maximum atomic E-state index is 12.6. The highest BCUT2D eigenvalue weighted by Crippen LogP contribution is 2.19. The summed E-state index contributed by atoms with van der Waals surface area (Å²) >= 11 is 0. The van der Waals surface area contributed by atoms with Gasteiger partial charge in [-0.2, -0.15) is 0 Å². The van der Waals surface area contributed by atoms with Gasteiger partial charge in [0, 0.05) is 11.6 Å². The molecule has 0 bridgehead atoms. The molecule has 0 unspecified atom stereocenters. The summed E-state index contributed by atoms with van der Waals surface area (Å²) in [6, 6.07) is 14.2. The van der Waals surface area contributed by atoms with Crippen LogP contribution in [0.15, 0.2) is 53.1 Å². The number of carbonyl (C=O) groups excluding carboxylic acids is 1. The summed E-state index contributed by atoms with van der Waals surface area (Å²) in [5.74, 6) is 0.993. The number of quaternary nitrogens is 1. The van der Waals surface area contributed by atoms with Crippen LogP contribution < -0.4 is 10.6 Å². The van der Waals surface area contributed by atoms with E-state index in [0.717, 1.165) is 24.2 Å². The standard InChI is InChI=1S/C20H26N2O2/c1-15(20(23)22-17-11-6-3-7-12-17)21-19(18-13-8-14-24-18)16-9-4-2-5-10-16/h2,4-5,8-10,13-15,17,19,21H,3,6-7,11-12H2,1H3,(H,22,23)/p+1/t15-,19-/m0/s1. The van der Waals surface area contributed by atoms with Crippen LogP contribution in [0.1, 0.15) is 56.4 Å². The van der Waals surface area contributed by atoms with E-state index in [1.807, 2.05) is 37.3 Å². The fourth-order valence-corrected chi connectivity index (χ4v) is 3.45. The summed E-state index contributed by atoms with van der Waals surface area (Å²) in [7, 11) is 0.